The molecule has 0 heterocycles. The molecule has 20 heavy (non-hydrogen) atoms. The molecule has 2 aromatic rings. The normalized spacial score (nSPS) is 10.2. The fourth-order valence-corrected chi connectivity index (χ4v) is 2.07. The number of ether oxygens (including phenoxy) is 1. The molecule has 2 aromatic carbocycles. The van der Waals surface area contributed by atoms with Gasteiger partial charge in [0.2, 0.25) is 0 Å². The van der Waals surface area contributed by atoms with Crippen molar-refractivity contribution in [1.29, 1.82) is 0 Å². The highest BCUT2D eigenvalue weighted by atomic mass is 79.9. The van der Waals surface area contributed by atoms with Crippen LogP contribution in [0.15, 0.2) is 51.4 Å². The van der Waals surface area contributed by atoms with Crippen LogP contribution in [-0.2, 0) is 4.79 Å². The predicted molar refractivity (Wildman–Crippen MR) is 82.4 cm³/mol. The number of nitrogens with one attached hydrogen (secondary N) is 1. The van der Waals surface area contributed by atoms with Crippen molar-refractivity contribution in [2.75, 3.05) is 11.9 Å². The zero-order valence-electron chi connectivity index (χ0n) is 10.2. The van der Waals surface area contributed by atoms with Gasteiger partial charge < -0.3 is 10.1 Å². The van der Waals surface area contributed by atoms with Crippen LogP contribution in [-0.4, -0.2) is 12.5 Å². The summed E-state index contributed by atoms with van der Waals surface area (Å²) in [7, 11) is 0. The number of rotatable bonds is 4. The minimum absolute atomic E-state index is 0.0327. The summed E-state index contributed by atoms with van der Waals surface area (Å²) in [5, 5.41) is 2.65. The van der Waals surface area contributed by atoms with E-state index in [9.17, 15) is 9.18 Å². The van der Waals surface area contributed by atoms with E-state index >= 15 is 0 Å². The highest BCUT2D eigenvalue weighted by Gasteiger charge is 2.08. The SMILES string of the molecule is O=C(COc1cc(Br)ccc1F)Nc1ccc(Br)cc1. The summed E-state index contributed by atoms with van der Waals surface area (Å²) in [6.07, 6.45) is 0. The molecule has 0 unspecified atom stereocenters. The average molecular weight is 403 g/mol. The maximum Gasteiger partial charge on any atom is 0.262 e. The summed E-state index contributed by atoms with van der Waals surface area (Å²) in [4.78, 5) is 11.7. The minimum Gasteiger partial charge on any atom is -0.481 e. The Morgan fingerprint density at radius 2 is 1.75 bits per heavy atom. The second-order valence-electron chi connectivity index (χ2n) is 3.92. The van der Waals surface area contributed by atoms with Gasteiger partial charge in [0, 0.05) is 14.6 Å². The zero-order valence-corrected chi connectivity index (χ0v) is 13.4. The van der Waals surface area contributed by atoms with Gasteiger partial charge in [0.1, 0.15) is 0 Å². The molecule has 6 heteroatoms. The lowest BCUT2D eigenvalue weighted by Gasteiger charge is -2.08. The molecule has 2 rings (SSSR count). The molecule has 1 amide bonds. The first-order valence-electron chi connectivity index (χ1n) is 5.68. The molecule has 3 nitrogen and oxygen atoms in total. The smallest absolute Gasteiger partial charge is 0.262 e. The van der Waals surface area contributed by atoms with Gasteiger partial charge in [-0.2, -0.15) is 0 Å². The lowest BCUT2D eigenvalue weighted by atomic mass is 10.3. The molecular weight excluding hydrogens is 393 g/mol. The van der Waals surface area contributed by atoms with Crippen molar-refractivity contribution in [3.05, 3.63) is 57.2 Å². The van der Waals surface area contributed by atoms with Crippen LogP contribution < -0.4 is 10.1 Å². The predicted octanol–water partition coefficient (Wildman–Crippen LogP) is 4.37. The van der Waals surface area contributed by atoms with E-state index < -0.39 is 5.82 Å². The van der Waals surface area contributed by atoms with Gasteiger partial charge in [-0.1, -0.05) is 31.9 Å². The zero-order chi connectivity index (χ0) is 14.5. The first-order chi connectivity index (χ1) is 9.54. The van der Waals surface area contributed by atoms with Gasteiger partial charge in [-0.05, 0) is 42.5 Å². The van der Waals surface area contributed by atoms with Crippen LogP contribution in [0.5, 0.6) is 5.75 Å². The van der Waals surface area contributed by atoms with Crippen LogP contribution in [0.2, 0.25) is 0 Å². The summed E-state index contributed by atoms with van der Waals surface area (Å²) >= 11 is 6.52. The Morgan fingerprint density at radius 3 is 2.45 bits per heavy atom. The van der Waals surface area contributed by atoms with E-state index in [-0.39, 0.29) is 18.3 Å². The Balaban J connectivity index is 1.92. The lowest BCUT2D eigenvalue weighted by molar-refractivity contribution is -0.118. The Morgan fingerprint density at radius 1 is 1.10 bits per heavy atom. The van der Waals surface area contributed by atoms with Crippen molar-refractivity contribution in [2.24, 2.45) is 0 Å². The molecule has 1 N–H and O–H groups in total. The third-order valence-corrected chi connectivity index (χ3v) is 3.40. The highest BCUT2D eigenvalue weighted by molar-refractivity contribution is 9.10. The number of carbonyl (C=O) groups excluding carboxylic acids is 1. The molecule has 0 fully saturated rings. The van der Waals surface area contributed by atoms with E-state index in [0.29, 0.717) is 10.2 Å². The quantitative estimate of drug-likeness (QED) is 0.824. The van der Waals surface area contributed by atoms with Gasteiger partial charge in [-0.15, -0.1) is 0 Å². The molecule has 0 bridgehead atoms. The third kappa shape index (κ3) is 4.31. The molecule has 0 atom stereocenters. The number of hydrogen-bond acceptors (Lipinski definition) is 2. The molecule has 0 aliphatic carbocycles. The van der Waals surface area contributed by atoms with Gasteiger partial charge in [-0.3, -0.25) is 4.79 Å². The first kappa shape index (κ1) is 15.0. The third-order valence-electron chi connectivity index (χ3n) is 2.38. The standard InChI is InChI=1S/C14H10Br2FNO2/c15-9-1-4-11(5-2-9)18-14(19)8-20-13-7-10(16)3-6-12(13)17/h1-7H,8H2,(H,18,19). The number of carbonyl (C=O) groups is 1. The van der Waals surface area contributed by atoms with Crippen molar-refractivity contribution < 1.29 is 13.9 Å². The Bertz CT molecular complexity index is 617. The second kappa shape index (κ2) is 6.85. The summed E-state index contributed by atoms with van der Waals surface area (Å²) in [5.74, 6) is -0.832. The molecule has 104 valence electrons. The van der Waals surface area contributed by atoms with Crippen LogP contribution >= 0.6 is 31.9 Å². The molecule has 0 radical (unpaired) electrons. The van der Waals surface area contributed by atoms with E-state index in [4.69, 9.17) is 4.74 Å². The summed E-state index contributed by atoms with van der Waals surface area (Å²) in [6, 6.07) is 11.4. The number of benzene rings is 2. The Labute approximate surface area is 132 Å². The van der Waals surface area contributed by atoms with Crippen LogP contribution in [0.25, 0.3) is 0 Å². The monoisotopic (exact) mass is 401 g/mol. The minimum atomic E-state index is -0.510. The van der Waals surface area contributed by atoms with Gasteiger partial charge in [0.25, 0.3) is 5.91 Å². The fourth-order valence-electron chi connectivity index (χ4n) is 1.46. The van der Waals surface area contributed by atoms with Crippen LogP contribution in [0, 0.1) is 5.82 Å². The van der Waals surface area contributed by atoms with Crippen molar-refractivity contribution in [1.82, 2.24) is 0 Å². The number of amides is 1. The van der Waals surface area contributed by atoms with E-state index in [1.54, 1.807) is 18.2 Å². The van der Waals surface area contributed by atoms with E-state index in [2.05, 4.69) is 37.2 Å². The summed E-state index contributed by atoms with van der Waals surface area (Å²) in [5.41, 5.74) is 0.650. The average Bonchev–Trinajstić information content (AvgIpc) is 2.42. The molecule has 0 saturated heterocycles. The van der Waals surface area contributed by atoms with E-state index in [0.717, 1.165) is 4.47 Å². The van der Waals surface area contributed by atoms with Crippen molar-refractivity contribution in [3.8, 4) is 5.75 Å². The van der Waals surface area contributed by atoms with Gasteiger partial charge in [0.05, 0.1) is 0 Å². The Kier molecular flexibility index (Phi) is 5.14. The fraction of sp³-hybridized carbons (Fsp3) is 0.0714. The lowest BCUT2D eigenvalue weighted by Crippen LogP contribution is -2.20. The molecule has 0 aliphatic heterocycles. The largest absolute Gasteiger partial charge is 0.481 e. The Hall–Kier alpha value is -1.40. The maximum atomic E-state index is 13.4. The van der Waals surface area contributed by atoms with E-state index in [1.807, 2.05) is 12.1 Å². The van der Waals surface area contributed by atoms with Gasteiger partial charge in [0.15, 0.2) is 18.2 Å². The molecular formula is C14H10Br2FNO2. The van der Waals surface area contributed by atoms with Crippen LogP contribution in [0.3, 0.4) is 0 Å². The maximum absolute atomic E-state index is 13.4. The molecule has 0 aromatic heterocycles. The number of halogens is 3. The van der Waals surface area contributed by atoms with Gasteiger partial charge in [-0.25, -0.2) is 4.39 Å². The van der Waals surface area contributed by atoms with Crippen molar-refractivity contribution in [2.45, 2.75) is 0 Å². The first-order valence-corrected chi connectivity index (χ1v) is 7.26. The van der Waals surface area contributed by atoms with Crippen LogP contribution in [0.4, 0.5) is 10.1 Å². The summed E-state index contributed by atoms with van der Waals surface area (Å²) in [6.45, 7) is -0.260. The van der Waals surface area contributed by atoms with Gasteiger partial charge >= 0.3 is 0 Å². The van der Waals surface area contributed by atoms with E-state index in [1.165, 1.54) is 12.1 Å². The van der Waals surface area contributed by atoms with Crippen molar-refractivity contribution >= 4 is 43.5 Å². The van der Waals surface area contributed by atoms with Crippen molar-refractivity contribution in [3.63, 3.8) is 0 Å². The number of anilines is 1. The van der Waals surface area contributed by atoms with Crippen LogP contribution in [0.1, 0.15) is 0 Å². The molecule has 0 aliphatic rings. The molecule has 0 spiro atoms. The number of hydrogen-bond donors (Lipinski definition) is 1. The summed E-state index contributed by atoms with van der Waals surface area (Å²) < 4.78 is 20.2. The highest BCUT2D eigenvalue weighted by Crippen LogP contribution is 2.22. The second-order valence-corrected chi connectivity index (χ2v) is 5.75. The molecule has 0 saturated carbocycles. The topological polar surface area (TPSA) is 38.3 Å².